The highest BCUT2D eigenvalue weighted by Crippen LogP contribution is 2.42. The van der Waals surface area contributed by atoms with Gasteiger partial charge in [-0.1, -0.05) is 61.9 Å². The van der Waals surface area contributed by atoms with Gasteiger partial charge in [0.25, 0.3) is 11.8 Å². The minimum atomic E-state index is -0.359. The first-order chi connectivity index (χ1) is 16.5. The number of nitrogens with zero attached hydrogens (tertiary/aromatic N) is 1. The summed E-state index contributed by atoms with van der Waals surface area (Å²) in [5.41, 5.74) is 2.13. The lowest BCUT2D eigenvalue weighted by Gasteiger charge is -2.29. The number of amides is 2. The minimum absolute atomic E-state index is 0.0815. The van der Waals surface area contributed by atoms with Gasteiger partial charge < -0.3 is 10.2 Å². The second-order valence-electron chi connectivity index (χ2n) is 9.11. The monoisotopic (exact) mass is 474 g/mol. The SMILES string of the molecule is C[C@@H]1CCCC[C@@H]1NC(=O)c1ccc2c(c1)N(Cc1ccccc1F)C(=O)c1ccccc1S2. The van der Waals surface area contributed by atoms with Crippen LogP contribution in [-0.2, 0) is 6.54 Å². The van der Waals surface area contributed by atoms with Crippen LogP contribution in [-0.4, -0.2) is 17.9 Å². The molecule has 1 heterocycles. The molecule has 0 bridgehead atoms. The van der Waals surface area contributed by atoms with E-state index >= 15 is 0 Å². The summed E-state index contributed by atoms with van der Waals surface area (Å²) < 4.78 is 14.5. The van der Waals surface area contributed by atoms with Gasteiger partial charge in [-0.05, 0) is 55.2 Å². The van der Waals surface area contributed by atoms with Crippen LogP contribution in [0.5, 0.6) is 0 Å². The van der Waals surface area contributed by atoms with E-state index in [2.05, 4.69) is 12.2 Å². The Kier molecular flexibility index (Phi) is 6.42. The fraction of sp³-hybridized carbons (Fsp3) is 0.286. The first-order valence-corrected chi connectivity index (χ1v) is 12.6. The molecule has 2 aliphatic rings. The average molecular weight is 475 g/mol. The van der Waals surface area contributed by atoms with Gasteiger partial charge in [0, 0.05) is 27.0 Å². The summed E-state index contributed by atoms with van der Waals surface area (Å²) in [7, 11) is 0. The maximum Gasteiger partial charge on any atom is 0.259 e. The van der Waals surface area contributed by atoms with Crippen LogP contribution in [0.4, 0.5) is 10.1 Å². The maximum atomic E-state index is 14.5. The molecule has 1 N–H and O–H groups in total. The number of benzene rings is 3. The summed E-state index contributed by atoms with van der Waals surface area (Å²) in [6.45, 7) is 2.27. The Morgan fingerprint density at radius 1 is 1.03 bits per heavy atom. The van der Waals surface area contributed by atoms with Crippen molar-refractivity contribution < 1.29 is 14.0 Å². The zero-order chi connectivity index (χ0) is 23.7. The molecule has 2 atom stereocenters. The molecule has 174 valence electrons. The molecule has 34 heavy (non-hydrogen) atoms. The van der Waals surface area contributed by atoms with E-state index in [-0.39, 0.29) is 30.2 Å². The van der Waals surface area contributed by atoms with Crippen molar-refractivity contribution in [3.8, 4) is 0 Å². The zero-order valence-corrected chi connectivity index (χ0v) is 19.9. The van der Waals surface area contributed by atoms with Gasteiger partial charge in [-0.2, -0.15) is 0 Å². The third-order valence-corrected chi connectivity index (χ3v) is 7.95. The van der Waals surface area contributed by atoms with E-state index in [0.717, 1.165) is 29.1 Å². The van der Waals surface area contributed by atoms with E-state index < -0.39 is 0 Å². The maximum absolute atomic E-state index is 14.5. The molecule has 1 fully saturated rings. The van der Waals surface area contributed by atoms with Gasteiger partial charge in [0.15, 0.2) is 0 Å². The zero-order valence-electron chi connectivity index (χ0n) is 19.1. The molecule has 0 saturated heterocycles. The summed E-state index contributed by atoms with van der Waals surface area (Å²) in [5.74, 6) is -0.250. The Morgan fingerprint density at radius 3 is 2.62 bits per heavy atom. The Hall–Kier alpha value is -3.12. The third kappa shape index (κ3) is 4.47. The van der Waals surface area contributed by atoms with Crippen molar-refractivity contribution in [1.82, 2.24) is 5.32 Å². The summed E-state index contributed by atoms with van der Waals surface area (Å²) in [5, 5.41) is 3.20. The smallest absolute Gasteiger partial charge is 0.259 e. The van der Waals surface area contributed by atoms with E-state index in [4.69, 9.17) is 0 Å². The Labute approximate surface area is 203 Å². The Balaban J connectivity index is 1.53. The summed E-state index contributed by atoms with van der Waals surface area (Å²) in [4.78, 5) is 30.1. The molecule has 3 aromatic carbocycles. The van der Waals surface area contributed by atoms with Crippen molar-refractivity contribution in [3.63, 3.8) is 0 Å². The summed E-state index contributed by atoms with van der Waals surface area (Å²) in [6.07, 6.45) is 4.44. The predicted molar refractivity (Wildman–Crippen MR) is 133 cm³/mol. The van der Waals surface area contributed by atoms with E-state index in [1.807, 2.05) is 30.3 Å². The largest absolute Gasteiger partial charge is 0.349 e. The molecular weight excluding hydrogens is 447 g/mol. The number of carbonyl (C=O) groups is 2. The number of rotatable bonds is 4. The average Bonchev–Trinajstić information content (AvgIpc) is 2.96. The van der Waals surface area contributed by atoms with Crippen molar-refractivity contribution in [1.29, 1.82) is 0 Å². The normalized spacial score (nSPS) is 19.7. The van der Waals surface area contributed by atoms with Crippen molar-refractivity contribution in [3.05, 3.63) is 89.2 Å². The lowest BCUT2D eigenvalue weighted by molar-refractivity contribution is 0.0908. The molecule has 0 unspecified atom stereocenters. The molecular formula is C28H27FN2O2S. The molecule has 6 heteroatoms. The van der Waals surface area contributed by atoms with Gasteiger partial charge in [-0.15, -0.1) is 0 Å². The molecule has 3 aromatic rings. The number of hydrogen-bond donors (Lipinski definition) is 1. The van der Waals surface area contributed by atoms with E-state index in [1.54, 1.807) is 35.2 Å². The molecule has 1 aliphatic heterocycles. The highest BCUT2D eigenvalue weighted by atomic mass is 32.2. The van der Waals surface area contributed by atoms with Crippen molar-refractivity contribution >= 4 is 29.3 Å². The molecule has 0 spiro atoms. The summed E-state index contributed by atoms with van der Waals surface area (Å²) >= 11 is 1.49. The van der Waals surface area contributed by atoms with Crippen LogP contribution in [0, 0.1) is 11.7 Å². The Morgan fingerprint density at radius 2 is 1.79 bits per heavy atom. The quantitative estimate of drug-likeness (QED) is 0.473. The molecule has 5 rings (SSSR count). The number of carbonyl (C=O) groups excluding carboxylic acids is 2. The second-order valence-corrected chi connectivity index (χ2v) is 10.2. The number of fused-ring (bicyclic) bond motifs is 2. The van der Waals surface area contributed by atoms with Gasteiger partial charge in [-0.3, -0.25) is 9.59 Å². The fourth-order valence-corrected chi connectivity index (χ4v) is 5.86. The molecule has 1 aliphatic carbocycles. The van der Waals surface area contributed by atoms with Crippen LogP contribution in [0.25, 0.3) is 0 Å². The van der Waals surface area contributed by atoms with Gasteiger partial charge in [0.05, 0.1) is 17.8 Å². The van der Waals surface area contributed by atoms with Crippen LogP contribution < -0.4 is 10.2 Å². The van der Waals surface area contributed by atoms with E-state index in [1.165, 1.54) is 24.2 Å². The number of hydrogen-bond acceptors (Lipinski definition) is 3. The van der Waals surface area contributed by atoms with Crippen molar-refractivity contribution in [2.24, 2.45) is 5.92 Å². The highest BCUT2D eigenvalue weighted by Gasteiger charge is 2.29. The molecule has 2 amide bonds. The number of nitrogens with one attached hydrogen (secondary N) is 1. The summed E-state index contributed by atoms with van der Waals surface area (Å²) in [6, 6.07) is 19.6. The molecule has 0 aromatic heterocycles. The van der Waals surface area contributed by atoms with Crippen molar-refractivity contribution in [2.75, 3.05) is 4.90 Å². The lowest BCUT2D eigenvalue weighted by Crippen LogP contribution is -2.41. The van der Waals surface area contributed by atoms with Crippen LogP contribution >= 0.6 is 11.8 Å². The van der Waals surface area contributed by atoms with Crippen LogP contribution in [0.2, 0.25) is 0 Å². The van der Waals surface area contributed by atoms with Gasteiger partial charge in [0.1, 0.15) is 5.82 Å². The Bertz CT molecular complexity index is 1240. The highest BCUT2D eigenvalue weighted by molar-refractivity contribution is 7.99. The first-order valence-electron chi connectivity index (χ1n) is 11.8. The topological polar surface area (TPSA) is 49.4 Å². The second kappa shape index (κ2) is 9.63. The standard InChI is InChI=1S/C28H27FN2O2S/c1-18-8-2-6-12-23(18)30-27(32)19-14-15-26-24(16-19)31(17-20-9-3-5-11-22(20)29)28(33)21-10-4-7-13-25(21)34-26/h3-5,7,9-11,13-16,18,23H,2,6,8,12,17H2,1H3,(H,30,32)/t18-,23+/m1/s1. The molecule has 4 nitrogen and oxygen atoms in total. The third-order valence-electron chi connectivity index (χ3n) is 6.81. The van der Waals surface area contributed by atoms with E-state index in [0.29, 0.717) is 28.3 Å². The van der Waals surface area contributed by atoms with Gasteiger partial charge in [-0.25, -0.2) is 4.39 Å². The minimum Gasteiger partial charge on any atom is -0.349 e. The number of anilines is 1. The van der Waals surface area contributed by atoms with Gasteiger partial charge >= 0.3 is 0 Å². The first kappa shape index (κ1) is 22.7. The fourth-order valence-electron chi connectivity index (χ4n) is 4.80. The van der Waals surface area contributed by atoms with Gasteiger partial charge in [0.2, 0.25) is 0 Å². The van der Waals surface area contributed by atoms with Crippen LogP contribution in [0.3, 0.4) is 0 Å². The number of halogens is 1. The lowest BCUT2D eigenvalue weighted by atomic mass is 9.86. The van der Waals surface area contributed by atoms with Crippen molar-refractivity contribution in [2.45, 2.75) is 55.0 Å². The van der Waals surface area contributed by atoms with E-state index in [9.17, 15) is 14.0 Å². The molecule has 1 saturated carbocycles. The van der Waals surface area contributed by atoms with Crippen LogP contribution in [0.1, 0.15) is 58.9 Å². The predicted octanol–water partition coefficient (Wildman–Crippen LogP) is 6.45. The van der Waals surface area contributed by atoms with Crippen LogP contribution in [0.15, 0.2) is 76.5 Å². The molecule has 0 radical (unpaired) electrons.